The van der Waals surface area contributed by atoms with Gasteiger partial charge in [0, 0.05) is 6.42 Å². The number of hydrogen-bond donors (Lipinski definition) is 3. The second-order valence-corrected chi connectivity index (χ2v) is 5.31. The second-order valence-electron chi connectivity index (χ2n) is 5.31. The van der Waals surface area contributed by atoms with Crippen LogP contribution in [0, 0.1) is 0 Å². The third kappa shape index (κ3) is 4.91. The summed E-state index contributed by atoms with van der Waals surface area (Å²) in [6.45, 7) is 1.46. The molecule has 1 aromatic rings. The fraction of sp³-hybridized carbons (Fsp3) is 0.438. The highest BCUT2D eigenvalue weighted by molar-refractivity contribution is 5.91. The van der Waals surface area contributed by atoms with E-state index >= 15 is 0 Å². The molecule has 3 N–H and O–H groups in total. The van der Waals surface area contributed by atoms with E-state index in [0.717, 1.165) is 0 Å². The number of carbonyl (C=O) groups is 3. The Morgan fingerprint density at radius 3 is 2.48 bits per heavy atom. The third-order valence-corrected chi connectivity index (χ3v) is 3.54. The average Bonchev–Trinajstić information content (AvgIpc) is 3.06. The summed E-state index contributed by atoms with van der Waals surface area (Å²) in [6, 6.07) is 4.70. The molecule has 3 unspecified atom stereocenters. The molecule has 0 saturated carbocycles. The average molecular weight is 353 g/mol. The topological polar surface area (TPSA) is 131 Å². The van der Waals surface area contributed by atoms with Crippen molar-refractivity contribution in [3.05, 3.63) is 29.8 Å². The van der Waals surface area contributed by atoms with Crippen molar-refractivity contribution in [1.82, 2.24) is 5.32 Å². The lowest BCUT2D eigenvalue weighted by molar-refractivity contribution is -0.156. The van der Waals surface area contributed by atoms with Gasteiger partial charge in [-0.15, -0.1) is 0 Å². The minimum absolute atomic E-state index is 0.000989. The summed E-state index contributed by atoms with van der Waals surface area (Å²) in [4.78, 5) is 35.5. The molecule has 9 nitrogen and oxygen atoms in total. The molecule has 1 aliphatic rings. The van der Waals surface area contributed by atoms with E-state index in [1.54, 1.807) is 19.1 Å². The van der Waals surface area contributed by atoms with Gasteiger partial charge < -0.3 is 29.7 Å². The van der Waals surface area contributed by atoms with Crippen LogP contribution < -0.4 is 5.32 Å². The first-order valence-electron chi connectivity index (χ1n) is 7.63. The number of carboxylic acids is 1. The lowest BCUT2D eigenvalue weighted by Crippen LogP contribution is -2.50. The number of carbonyl (C=O) groups excluding carboxylic acids is 2. The Kier molecular flexibility index (Phi) is 6.31. The number of benzene rings is 1. The van der Waals surface area contributed by atoms with Gasteiger partial charge in [-0.05, 0) is 24.6 Å². The quantitative estimate of drug-likeness (QED) is 0.575. The zero-order valence-corrected chi connectivity index (χ0v) is 13.5. The Bertz CT molecular complexity index is 630. The summed E-state index contributed by atoms with van der Waals surface area (Å²) in [7, 11) is 0. The molecule has 2 rings (SSSR count). The largest absolute Gasteiger partial charge is 0.508 e. The smallest absolute Gasteiger partial charge is 0.338 e. The van der Waals surface area contributed by atoms with Gasteiger partial charge in [-0.25, -0.2) is 9.59 Å². The first kappa shape index (κ1) is 18.7. The van der Waals surface area contributed by atoms with Crippen LogP contribution in [0.3, 0.4) is 0 Å². The van der Waals surface area contributed by atoms with Gasteiger partial charge in [0.25, 0.3) is 5.91 Å². The van der Waals surface area contributed by atoms with Crippen molar-refractivity contribution < 1.29 is 38.8 Å². The van der Waals surface area contributed by atoms with Crippen molar-refractivity contribution in [2.24, 2.45) is 0 Å². The van der Waals surface area contributed by atoms with E-state index in [1.165, 1.54) is 12.1 Å². The molecule has 0 spiro atoms. The monoisotopic (exact) mass is 353 g/mol. The minimum atomic E-state index is -1.28. The predicted molar refractivity (Wildman–Crippen MR) is 82.6 cm³/mol. The van der Waals surface area contributed by atoms with E-state index in [0.29, 0.717) is 5.56 Å². The molecule has 1 fully saturated rings. The van der Waals surface area contributed by atoms with Gasteiger partial charge in [-0.2, -0.15) is 0 Å². The summed E-state index contributed by atoms with van der Waals surface area (Å²) in [5.74, 6) is -2.71. The van der Waals surface area contributed by atoms with Gasteiger partial charge >= 0.3 is 11.9 Å². The molecule has 9 heteroatoms. The van der Waals surface area contributed by atoms with Crippen molar-refractivity contribution in [3.63, 3.8) is 0 Å². The first-order chi connectivity index (χ1) is 11.9. The molecule has 1 amide bonds. The van der Waals surface area contributed by atoms with Gasteiger partial charge in [0.1, 0.15) is 18.6 Å². The zero-order valence-electron chi connectivity index (χ0n) is 13.5. The molecule has 1 aromatic carbocycles. The van der Waals surface area contributed by atoms with Crippen LogP contribution in [0.25, 0.3) is 0 Å². The normalized spacial score (nSPS) is 20.7. The van der Waals surface area contributed by atoms with Crippen molar-refractivity contribution in [3.8, 4) is 5.75 Å². The van der Waals surface area contributed by atoms with Gasteiger partial charge in [-0.3, -0.25) is 4.79 Å². The highest BCUT2D eigenvalue weighted by Gasteiger charge is 2.42. The number of amides is 1. The van der Waals surface area contributed by atoms with Crippen LogP contribution in [0.4, 0.5) is 0 Å². The van der Waals surface area contributed by atoms with Gasteiger partial charge in [-0.1, -0.05) is 12.1 Å². The number of nitrogens with one attached hydrogen (secondary N) is 1. The van der Waals surface area contributed by atoms with E-state index in [4.69, 9.17) is 14.2 Å². The molecule has 25 heavy (non-hydrogen) atoms. The van der Waals surface area contributed by atoms with Crippen molar-refractivity contribution in [1.29, 1.82) is 0 Å². The highest BCUT2D eigenvalue weighted by atomic mass is 16.7. The standard InChI is InChI=1S/C16H19NO8/c1-2-23-16(22)13-12(24-8-25-13)14(19)17-11(15(20)21)7-9-3-5-10(18)6-4-9/h3-6,11-13,18H,2,7-8H2,1H3,(H,17,19)(H,20,21). The van der Waals surface area contributed by atoms with Crippen molar-refractivity contribution >= 4 is 17.8 Å². The molecular formula is C16H19NO8. The molecule has 1 aliphatic heterocycles. The van der Waals surface area contributed by atoms with E-state index in [9.17, 15) is 24.6 Å². The van der Waals surface area contributed by atoms with Crippen molar-refractivity contribution in [2.45, 2.75) is 31.6 Å². The number of hydrogen-bond acceptors (Lipinski definition) is 7. The van der Waals surface area contributed by atoms with E-state index < -0.39 is 36.1 Å². The molecule has 0 aliphatic carbocycles. The van der Waals surface area contributed by atoms with E-state index in [2.05, 4.69) is 5.32 Å². The van der Waals surface area contributed by atoms with Crippen LogP contribution in [-0.2, 0) is 35.0 Å². The van der Waals surface area contributed by atoms with Crippen LogP contribution >= 0.6 is 0 Å². The SMILES string of the molecule is CCOC(=O)C1OCOC1C(=O)NC(Cc1ccc(O)cc1)C(=O)O. The zero-order chi connectivity index (χ0) is 18.4. The van der Waals surface area contributed by atoms with E-state index in [1.807, 2.05) is 0 Å². The Labute approximate surface area is 143 Å². The molecular weight excluding hydrogens is 334 g/mol. The number of ether oxygens (including phenoxy) is 3. The summed E-state index contributed by atoms with van der Waals surface area (Å²) >= 11 is 0. The first-order valence-corrected chi connectivity index (χ1v) is 7.63. The second kappa shape index (κ2) is 8.45. The summed E-state index contributed by atoms with van der Waals surface area (Å²) in [5, 5.41) is 20.9. The van der Waals surface area contributed by atoms with Crippen molar-refractivity contribution in [2.75, 3.05) is 13.4 Å². The Hall–Kier alpha value is -2.65. The summed E-state index contributed by atoms with van der Waals surface area (Å²) in [6.07, 6.45) is -2.51. The van der Waals surface area contributed by atoms with Crippen LogP contribution in [-0.4, -0.2) is 59.7 Å². The maximum atomic E-state index is 12.3. The molecule has 0 radical (unpaired) electrons. The lowest BCUT2D eigenvalue weighted by Gasteiger charge is -2.19. The number of phenols is 1. The number of esters is 1. The third-order valence-electron chi connectivity index (χ3n) is 3.54. The maximum Gasteiger partial charge on any atom is 0.338 e. The van der Waals surface area contributed by atoms with Gasteiger partial charge in [0.2, 0.25) is 0 Å². The molecule has 3 atom stereocenters. The fourth-order valence-corrected chi connectivity index (χ4v) is 2.31. The molecule has 0 aromatic heterocycles. The fourth-order valence-electron chi connectivity index (χ4n) is 2.31. The number of phenolic OH excluding ortho intramolecular Hbond substituents is 1. The van der Waals surface area contributed by atoms with Crippen LogP contribution in [0.5, 0.6) is 5.75 Å². The number of rotatable bonds is 7. The molecule has 136 valence electrons. The number of carboxylic acid groups (broad SMARTS) is 1. The molecule has 1 saturated heterocycles. The minimum Gasteiger partial charge on any atom is -0.508 e. The van der Waals surface area contributed by atoms with Crippen LogP contribution in [0.2, 0.25) is 0 Å². The summed E-state index contributed by atoms with van der Waals surface area (Å²) < 4.78 is 14.9. The highest BCUT2D eigenvalue weighted by Crippen LogP contribution is 2.16. The Morgan fingerprint density at radius 1 is 1.24 bits per heavy atom. The molecule has 0 bridgehead atoms. The summed E-state index contributed by atoms with van der Waals surface area (Å²) in [5.41, 5.74) is 0.607. The predicted octanol–water partition coefficient (Wildman–Crippen LogP) is -0.191. The number of aliphatic carboxylic acids is 1. The van der Waals surface area contributed by atoms with Gasteiger partial charge in [0.15, 0.2) is 12.2 Å². The lowest BCUT2D eigenvalue weighted by atomic mass is 10.0. The Balaban J connectivity index is 2.03. The maximum absolute atomic E-state index is 12.3. The Morgan fingerprint density at radius 2 is 1.88 bits per heavy atom. The van der Waals surface area contributed by atoms with Gasteiger partial charge in [0.05, 0.1) is 6.61 Å². The number of aromatic hydroxyl groups is 1. The van der Waals surface area contributed by atoms with E-state index in [-0.39, 0.29) is 25.6 Å². The molecule has 1 heterocycles. The van der Waals surface area contributed by atoms with Crippen LogP contribution in [0.1, 0.15) is 12.5 Å². The van der Waals surface area contributed by atoms with Crippen LogP contribution in [0.15, 0.2) is 24.3 Å².